The zero-order chi connectivity index (χ0) is 15.6. The van der Waals surface area contributed by atoms with Gasteiger partial charge in [-0.05, 0) is 0 Å². The first-order valence-corrected chi connectivity index (χ1v) is 6.52. The molecule has 1 heterocycles. The standard InChI is InChI=1S/C10H13F6N3S/c1-5(2)17-4-3-6-18-19-8(20-6)7(9(11,12)13)10(14,15)16/h5,7,17H,3-4H2,1-2H3. The lowest BCUT2D eigenvalue weighted by atomic mass is 10.1. The van der Waals surface area contributed by atoms with Crippen molar-refractivity contribution >= 4 is 11.3 Å². The van der Waals surface area contributed by atoms with Crippen molar-refractivity contribution in [3.63, 3.8) is 0 Å². The molecule has 116 valence electrons. The number of nitrogens with one attached hydrogen (secondary N) is 1. The molecule has 0 aliphatic heterocycles. The van der Waals surface area contributed by atoms with Crippen LogP contribution in [0.15, 0.2) is 0 Å². The van der Waals surface area contributed by atoms with Gasteiger partial charge in [-0.1, -0.05) is 13.8 Å². The van der Waals surface area contributed by atoms with Crippen molar-refractivity contribution < 1.29 is 26.3 Å². The Morgan fingerprint density at radius 3 is 2.05 bits per heavy atom. The lowest BCUT2D eigenvalue weighted by Crippen LogP contribution is -2.34. The number of hydrogen-bond donors (Lipinski definition) is 1. The van der Waals surface area contributed by atoms with E-state index in [-0.39, 0.29) is 17.5 Å². The van der Waals surface area contributed by atoms with Gasteiger partial charge in [0.05, 0.1) is 0 Å². The molecule has 0 aromatic carbocycles. The van der Waals surface area contributed by atoms with Gasteiger partial charge in [-0.3, -0.25) is 0 Å². The van der Waals surface area contributed by atoms with Gasteiger partial charge in [0.1, 0.15) is 10.0 Å². The third kappa shape index (κ3) is 4.89. The van der Waals surface area contributed by atoms with Crippen LogP contribution < -0.4 is 5.32 Å². The minimum absolute atomic E-state index is 0.145. The molecule has 10 heteroatoms. The van der Waals surface area contributed by atoms with E-state index in [1.54, 1.807) is 0 Å². The predicted octanol–water partition coefficient (Wildman–Crippen LogP) is 3.29. The van der Waals surface area contributed by atoms with Crippen molar-refractivity contribution in [2.24, 2.45) is 0 Å². The fourth-order valence-electron chi connectivity index (χ4n) is 1.42. The molecule has 20 heavy (non-hydrogen) atoms. The fourth-order valence-corrected chi connectivity index (χ4v) is 2.41. The molecule has 0 fully saturated rings. The number of rotatable bonds is 5. The molecule has 3 nitrogen and oxygen atoms in total. The van der Waals surface area contributed by atoms with Gasteiger partial charge < -0.3 is 5.32 Å². The van der Waals surface area contributed by atoms with Crippen molar-refractivity contribution in [2.75, 3.05) is 6.54 Å². The molecule has 0 bridgehead atoms. The van der Waals surface area contributed by atoms with Crippen LogP contribution in [0.3, 0.4) is 0 Å². The molecule has 1 rings (SSSR count). The molecule has 0 aliphatic carbocycles. The normalized spacial score (nSPS) is 13.5. The van der Waals surface area contributed by atoms with Crippen LogP contribution in [-0.2, 0) is 6.42 Å². The Hall–Kier alpha value is -0.900. The maximum atomic E-state index is 12.5. The third-order valence-corrected chi connectivity index (χ3v) is 3.32. The predicted molar refractivity (Wildman–Crippen MR) is 61.6 cm³/mol. The van der Waals surface area contributed by atoms with E-state index < -0.39 is 23.3 Å². The summed E-state index contributed by atoms with van der Waals surface area (Å²) < 4.78 is 74.9. The fraction of sp³-hybridized carbons (Fsp3) is 0.800. The first-order chi connectivity index (χ1) is 9.01. The van der Waals surface area contributed by atoms with E-state index in [9.17, 15) is 26.3 Å². The molecular formula is C10H13F6N3S. The molecule has 0 saturated carbocycles. The van der Waals surface area contributed by atoms with E-state index in [0.717, 1.165) is 0 Å². The minimum atomic E-state index is -5.43. The summed E-state index contributed by atoms with van der Waals surface area (Å²) in [4.78, 5) is 0. The first kappa shape index (κ1) is 17.2. The number of hydrogen-bond acceptors (Lipinski definition) is 4. The van der Waals surface area contributed by atoms with Gasteiger partial charge >= 0.3 is 12.4 Å². The molecule has 0 atom stereocenters. The lowest BCUT2D eigenvalue weighted by Gasteiger charge is -2.20. The monoisotopic (exact) mass is 321 g/mol. The molecule has 1 aromatic rings. The van der Waals surface area contributed by atoms with Gasteiger partial charge in [0, 0.05) is 19.0 Å². The van der Waals surface area contributed by atoms with Crippen LogP contribution in [-0.4, -0.2) is 35.1 Å². The molecule has 0 amide bonds. The smallest absolute Gasteiger partial charge is 0.314 e. The maximum absolute atomic E-state index is 12.5. The maximum Gasteiger partial charge on any atom is 0.406 e. The first-order valence-electron chi connectivity index (χ1n) is 5.71. The van der Waals surface area contributed by atoms with E-state index in [1.807, 2.05) is 13.8 Å². The van der Waals surface area contributed by atoms with Crippen molar-refractivity contribution in [2.45, 2.75) is 44.6 Å². The Morgan fingerprint density at radius 1 is 1.05 bits per heavy atom. The average molecular weight is 321 g/mol. The van der Waals surface area contributed by atoms with Gasteiger partial charge in [0.25, 0.3) is 0 Å². The Morgan fingerprint density at radius 2 is 1.60 bits per heavy atom. The van der Waals surface area contributed by atoms with E-state index in [4.69, 9.17) is 0 Å². The molecule has 0 saturated heterocycles. The van der Waals surface area contributed by atoms with Crippen molar-refractivity contribution in [3.05, 3.63) is 10.0 Å². The second kappa shape index (κ2) is 6.25. The summed E-state index contributed by atoms with van der Waals surface area (Å²) in [5.74, 6) is -3.57. The Bertz CT molecular complexity index is 411. The Labute approximate surface area is 115 Å². The number of alkyl halides is 6. The summed E-state index contributed by atoms with van der Waals surface area (Å²) in [7, 11) is 0. The third-order valence-electron chi connectivity index (χ3n) is 2.28. The lowest BCUT2D eigenvalue weighted by molar-refractivity contribution is -0.253. The highest BCUT2D eigenvalue weighted by molar-refractivity contribution is 7.11. The van der Waals surface area contributed by atoms with Gasteiger partial charge in [-0.15, -0.1) is 21.5 Å². The van der Waals surface area contributed by atoms with Crippen LogP contribution in [0.1, 0.15) is 29.8 Å². The summed E-state index contributed by atoms with van der Waals surface area (Å²) in [6.07, 6.45) is -10.6. The van der Waals surface area contributed by atoms with E-state index >= 15 is 0 Å². The van der Waals surface area contributed by atoms with E-state index in [1.165, 1.54) is 0 Å². The molecule has 1 aromatic heterocycles. The SMILES string of the molecule is CC(C)NCCc1nnc(C(C(F)(F)F)C(F)(F)F)s1. The topological polar surface area (TPSA) is 37.8 Å². The molecule has 0 radical (unpaired) electrons. The average Bonchev–Trinajstić information content (AvgIpc) is 2.60. The molecular weight excluding hydrogens is 308 g/mol. The highest BCUT2D eigenvalue weighted by atomic mass is 32.1. The zero-order valence-electron chi connectivity index (χ0n) is 10.6. The molecule has 0 aliphatic rings. The minimum Gasteiger partial charge on any atom is -0.314 e. The van der Waals surface area contributed by atoms with Crippen LogP contribution in [0.25, 0.3) is 0 Å². The number of aromatic nitrogens is 2. The number of halogens is 6. The van der Waals surface area contributed by atoms with Gasteiger partial charge in [-0.25, -0.2) is 0 Å². The quantitative estimate of drug-likeness (QED) is 0.846. The van der Waals surface area contributed by atoms with Gasteiger partial charge in [0.2, 0.25) is 5.92 Å². The summed E-state index contributed by atoms with van der Waals surface area (Å²) in [6.45, 7) is 4.15. The van der Waals surface area contributed by atoms with Gasteiger partial charge in [0.15, 0.2) is 0 Å². The van der Waals surface area contributed by atoms with Crippen LogP contribution >= 0.6 is 11.3 Å². The highest BCUT2D eigenvalue weighted by Gasteiger charge is 2.59. The largest absolute Gasteiger partial charge is 0.406 e. The van der Waals surface area contributed by atoms with Crippen LogP contribution in [0.5, 0.6) is 0 Å². The Balaban J connectivity index is 2.82. The highest BCUT2D eigenvalue weighted by Crippen LogP contribution is 2.46. The van der Waals surface area contributed by atoms with Crippen molar-refractivity contribution in [1.82, 2.24) is 15.5 Å². The second-order valence-corrected chi connectivity index (χ2v) is 5.50. The van der Waals surface area contributed by atoms with Crippen LogP contribution in [0, 0.1) is 0 Å². The van der Waals surface area contributed by atoms with Crippen LogP contribution in [0.2, 0.25) is 0 Å². The van der Waals surface area contributed by atoms with Crippen LogP contribution in [0.4, 0.5) is 26.3 Å². The summed E-state index contributed by atoms with van der Waals surface area (Å²) in [5.41, 5.74) is 0. The summed E-state index contributed by atoms with van der Waals surface area (Å²) in [6, 6.07) is 0.167. The molecule has 0 unspecified atom stereocenters. The summed E-state index contributed by atoms with van der Waals surface area (Å²) >= 11 is 0.344. The van der Waals surface area contributed by atoms with Crippen molar-refractivity contribution in [1.29, 1.82) is 0 Å². The second-order valence-electron chi connectivity index (χ2n) is 4.41. The molecule has 1 N–H and O–H groups in total. The van der Waals surface area contributed by atoms with E-state index in [2.05, 4.69) is 15.5 Å². The van der Waals surface area contributed by atoms with Crippen molar-refractivity contribution in [3.8, 4) is 0 Å². The van der Waals surface area contributed by atoms with Gasteiger partial charge in [-0.2, -0.15) is 26.3 Å². The molecule has 0 spiro atoms. The Kier molecular flexibility index (Phi) is 5.36. The summed E-state index contributed by atoms with van der Waals surface area (Å²) in [5, 5.41) is 8.50. The number of nitrogens with zero attached hydrogens (tertiary/aromatic N) is 2. The van der Waals surface area contributed by atoms with E-state index in [0.29, 0.717) is 17.9 Å². The zero-order valence-corrected chi connectivity index (χ0v) is 11.5.